The Morgan fingerprint density at radius 3 is 2.54 bits per heavy atom. The lowest BCUT2D eigenvalue weighted by Gasteiger charge is -2.32. The van der Waals surface area contributed by atoms with Crippen LogP contribution < -0.4 is 4.90 Å². The first-order valence-corrected chi connectivity index (χ1v) is 13.1. The van der Waals surface area contributed by atoms with E-state index in [1.54, 1.807) is 0 Å². The van der Waals surface area contributed by atoms with Crippen LogP contribution in [-0.4, -0.2) is 68.9 Å². The summed E-state index contributed by atoms with van der Waals surface area (Å²) < 4.78 is 11.6. The van der Waals surface area contributed by atoms with Crippen molar-refractivity contribution in [3.63, 3.8) is 0 Å². The van der Waals surface area contributed by atoms with Crippen molar-refractivity contribution in [1.82, 2.24) is 15.0 Å². The number of rotatable bonds is 12. The SMILES string of the molecule is CCOCCN(C)c1ccc2c(CCC3CCN(Cc4ccccc4)CC3)noc2c1CN(C)C. The molecule has 1 aromatic heterocycles. The standard InChI is InChI=1S/C29H42N4O2/c1-5-34-20-19-32(4)28-14-12-25-27(30-35-29(25)26(28)22-31(2)3)13-11-23-15-17-33(18-16-23)21-24-9-7-6-8-10-24/h6-10,12,14,23H,5,11,13,15-22H2,1-4H3. The number of anilines is 1. The molecule has 0 atom stereocenters. The maximum Gasteiger partial charge on any atom is 0.173 e. The molecule has 0 N–H and O–H groups in total. The Morgan fingerprint density at radius 2 is 1.83 bits per heavy atom. The number of benzene rings is 2. The number of hydrogen-bond acceptors (Lipinski definition) is 6. The largest absolute Gasteiger partial charge is 0.380 e. The molecule has 0 aliphatic carbocycles. The third-order valence-corrected chi connectivity index (χ3v) is 7.20. The molecule has 190 valence electrons. The molecule has 6 heteroatoms. The summed E-state index contributed by atoms with van der Waals surface area (Å²) in [5, 5.41) is 5.72. The molecule has 0 saturated carbocycles. The van der Waals surface area contributed by atoms with Crippen LogP contribution in [0.1, 0.15) is 43.0 Å². The Bertz CT molecular complexity index is 1040. The normalized spacial score (nSPS) is 15.3. The van der Waals surface area contributed by atoms with Gasteiger partial charge in [0, 0.05) is 49.9 Å². The zero-order chi connectivity index (χ0) is 24.6. The van der Waals surface area contributed by atoms with Crippen molar-refractivity contribution in [2.75, 3.05) is 58.9 Å². The second-order valence-electron chi connectivity index (χ2n) is 10.2. The van der Waals surface area contributed by atoms with Crippen LogP contribution in [0.5, 0.6) is 0 Å². The highest BCUT2D eigenvalue weighted by molar-refractivity contribution is 5.87. The number of nitrogens with zero attached hydrogens (tertiary/aromatic N) is 4. The van der Waals surface area contributed by atoms with E-state index in [1.165, 1.54) is 54.6 Å². The number of fused-ring (bicyclic) bond motifs is 1. The molecule has 2 heterocycles. The summed E-state index contributed by atoms with van der Waals surface area (Å²) in [7, 11) is 6.33. The molecule has 1 aliphatic heterocycles. The van der Waals surface area contributed by atoms with Crippen LogP contribution >= 0.6 is 0 Å². The van der Waals surface area contributed by atoms with E-state index >= 15 is 0 Å². The Hall–Kier alpha value is -2.41. The first-order valence-electron chi connectivity index (χ1n) is 13.1. The van der Waals surface area contributed by atoms with Crippen molar-refractivity contribution in [2.24, 2.45) is 5.92 Å². The topological polar surface area (TPSA) is 45.0 Å². The van der Waals surface area contributed by atoms with Crippen molar-refractivity contribution in [2.45, 2.75) is 45.7 Å². The van der Waals surface area contributed by atoms with E-state index in [4.69, 9.17) is 9.26 Å². The summed E-state index contributed by atoms with van der Waals surface area (Å²) in [6, 6.07) is 15.3. The molecule has 35 heavy (non-hydrogen) atoms. The fourth-order valence-corrected chi connectivity index (χ4v) is 5.19. The quantitative estimate of drug-likeness (QED) is 0.333. The van der Waals surface area contributed by atoms with Crippen molar-refractivity contribution in [3.8, 4) is 0 Å². The Kier molecular flexibility index (Phi) is 9.18. The Labute approximate surface area is 210 Å². The first kappa shape index (κ1) is 25.7. The predicted molar refractivity (Wildman–Crippen MR) is 144 cm³/mol. The second kappa shape index (κ2) is 12.5. The molecular weight excluding hydrogens is 436 g/mol. The molecule has 1 fully saturated rings. The summed E-state index contributed by atoms with van der Waals surface area (Å²) in [5.41, 5.74) is 5.86. The zero-order valence-corrected chi connectivity index (χ0v) is 22.0. The average molecular weight is 479 g/mol. The minimum absolute atomic E-state index is 0.720. The van der Waals surface area contributed by atoms with Crippen LogP contribution in [0, 0.1) is 5.92 Å². The molecule has 6 nitrogen and oxygen atoms in total. The summed E-state index contributed by atoms with van der Waals surface area (Å²) in [5.74, 6) is 0.763. The van der Waals surface area contributed by atoms with Gasteiger partial charge in [-0.15, -0.1) is 0 Å². The summed E-state index contributed by atoms with van der Waals surface area (Å²) >= 11 is 0. The summed E-state index contributed by atoms with van der Waals surface area (Å²) in [6.45, 7) is 8.61. The van der Waals surface area contributed by atoms with Gasteiger partial charge in [-0.25, -0.2) is 0 Å². The van der Waals surface area contributed by atoms with Crippen LogP contribution in [0.4, 0.5) is 5.69 Å². The first-order chi connectivity index (χ1) is 17.0. The fraction of sp³-hybridized carbons (Fsp3) is 0.552. The van der Waals surface area contributed by atoms with Gasteiger partial charge < -0.3 is 19.1 Å². The molecule has 0 spiro atoms. The van der Waals surface area contributed by atoms with Gasteiger partial charge in [0.15, 0.2) is 5.58 Å². The third kappa shape index (κ3) is 6.84. The minimum Gasteiger partial charge on any atom is -0.380 e. The van der Waals surface area contributed by atoms with Gasteiger partial charge in [-0.1, -0.05) is 35.5 Å². The molecule has 0 amide bonds. The number of aryl methyl sites for hydroxylation is 1. The number of piperidine rings is 1. The average Bonchev–Trinajstić information content (AvgIpc) is 3.28. The van der Waals surface area contributed by atoms with E-state index in [9.17, 15) is 0 Å². The molecular formula is C29H42N4O2. The Morgan fingerprint density at radius 1 is 1.06 bits per heavy atom. The molecule has 3 aromatic rings. The van der Waals surface area contributed by atoms with E-state index in [-0.39, 0.29) is 0 Å². The van der Waals surface area contributed by atoms with Crippen LogP contribution in [0.2, 0.25) is 0 Å². The lowest BCUT2D eigenvalue weighted by atomic mass is 9.91. The highest BCUT2D eigenvalue weighted by Crippen LogP contribution is 2.33. The molecule has 0 radical (unpaired) electrons. The molecule has 1 aliphatic rings. The zero-order valence-electron chi connectivity index (χ0n) is 22.0. The third-order valence-electron chi connectivity index (χ3n) is 7.20. The second-order valence-corrected chi connectivity index (χ2v) is 10.2. The van der Waals surface area contributed by atoms with Gasteiger partial charge in [-0.05, 0) is 83.4 Å². The van der Waals surface area contributed by atoms with Crippen molar-refractivity contribution >= 4 is 16.7 Å². The summed E-state index contributed by atoms with van der Waals surface area (Å²) in [4.78, 5) is 7.05. The van der Waals surface area contributed by atoms with Crippen LogP contribution in [0.15, 0.2) is 47.0 Å². The molecule has 4 rings (SSSR count). The molecule has 1 saturated heterocycles. The van der Waals surface area contributed by atoms with Gasteiger partial charge in [-0.3, -0.25) is 4.90 Å². The van der Waals surface area contributed by atoms with Gasteiger partial charge >= 0.3 is 0 Å². The van der Waals surface area contributed by atoms with E-state index < -0.39 is 0 Å². The highest BCUT2D eigenvalue weighted by Gasteiger charge is 2.22. The maximum atomic E-state index is 5.98. The molecule has 0 bridgehead atoms. The lowest BCUT2D eigenvalue weighted by molar-refractivity contribution is 0.154. The van der Waals surface area contributed by atoms with E-state index in [1.807, 2.05) is 6.92 Å². The fourth-order valence-electron chi connectivity index (χ4n) is 5.19. The lowest BCUT2D eigenvalue weighted by Crippen LogP contribution is -2.33. The van der Waals surface area contributed by atoms with Gasteiger partial charge in [-0.2, -0.15) is 0 Å². The minimum atomic E-state index is 0.720. The van der Waals surface area contributed by atoms with E-state index in [2.05, 4.69) is 83.5 Å². The van der Waals surface area contributed by atoms with Gasteiger partial charge in [0.2, 0.25) is 0 Å². The monoisotopic (exact) mass is 478 g/mol. The van der Waals surface area contributed by atoms with Crippen LogP contribution in [0.3, 0.4) is 0 Å². The van der Waals surface area contributed by atoms with Crippen molar-refractivity contribution in [3.05, 3.63) is 59.3 Å². The summed E-state index contributed by atoms with van der Waals surface area (Å²) in [6.07, 6.45) is 4.70. The van der Waals surface area contributed by atoms with Gasteiger partial charge in [0.25, 0.3) is 0 Å². The Balaban J connectivity index is 1.38. The van der Waals surface area contributed by atoms with Crippen LogP contribution in [-0.2, 0) is 24.2 Å². The number of likely N-dealkylation sites (N-methyl/N-ethyl adjacent to an activating group) is 1. The number of likely N-dealkylation sites (tertiary alicyclic amines) is 1. The number of ether oxygens (including phenoxy) is 1. The van der Waals surface area contributed by atoms with Crippen LogP contribution in [0.25, 0.3) is 11.0 Å². The van der Waals surface area contributed by atoms with E-state index in [0.717, 1.165) is 56.5 Å². The van der Waals surface area contributed by atoms with Crippen molar-refractivity contribution in [1.29, 1.82) is 0 Å². The predicted octanol–water partition coefficient (Wildman–Crippen LogP) is 5.21. The van der Waals surface area contributed by atoms with Gasteiger partial charge in [0.1, 0.15) is 0 Å². The molecule has 0 unspecified atom stereocenters. The van der Waals surface area contributed by atoms with E-state index in [0.29, 0.717) is 0 Å². The number of hydrogen-bond donors (Lipinski definition) is 0. The number of aromatic nitrogens is 1. The van der Waals surface area contributed by atoms with Gasteiger partial charge in [0.05, 0.1) is 12.3 Å². The maximum absolute atomic E-state index is 5.98. The van der Waals surface area contributed by atoms with Crippen molar-refractivity contribution < 1.29 is 9.26 Å². The molecule has 2 aromatic carbocycles. The highest BCUT2D eigenvalue weighted by atomic mass is 16.5. The smallest absolute Gasteiger partial charge is 0.173 e.